The molecular formula is C12H17N5OS. The predicted molar refractivity (Wildman–Crippen MR) is 73.5 cm³/mol. The maximum atomic E-state index is 5.05. The van der Waals surface area contributed by atoms with Gasteiger partial charge in [0.2, 0.25) is 5.13 Å². The molecule has 0 N–H and O–H groups in total. The summed E-state index contributed by atoms with van der Waals surface area (Å²) in [6.07, 6.45) is 5.11. The highest BCUT2D eigenvalue weighted by molar-refractivity contribution is 7.09. The van der Waals surface area contributed by atoms with Crippen molar-refractivity contribution in [3.63, 3.8) is 0 Å². The first-order chi connectivity index (χ1) is 9.26. The first-order valence-electron chi connectivity index (χ1n) is 6.33. The van der Waals surface area contributed by atoms with Crippen molar-refractivity contribution in [1.29, 1.82) is 0 Å². The maximum absolute atomic E-state index is 5.05. The van der Waals surface area contributed by atoms with Crippen LogP contribution in [0.5, 0.6) is 0 Å². The van der Waals surface area contributed by atoms with Crippen LogP contribution in [-0.2, 0) is 11.3 Å². The molecule has 1 saturated heterocycles. The van der Waals surface area contributed by atoms with Gasteiger partial charge in [-0.05, 0) is 18.9 Å². The van der Waals surface area contributed by atoms with E-state index in [1.54, 1.807) is 7.11 Å². The Labute approximate surface area is 116 Å². The van der Waals surface area contributed by atoms with E-state index in [9.17, 15) is 0 Å². The minimum atomic E-state index is 0.434. The number of ether oxygens (including phenoxy) is 1. The Hall–Kier alpha value is -1.47. The number of methoxy groups -OCH3 is 1. The maximum Gasteiger partial charge on any atom is 0.205 e. The van der Waals surface area contributed by atoms with E-state index in [0.29, 0.717) is 12.6 Å². The highest BCUT2D eigenvalue weighted by Crippen LogP contribution is 2.27. The molecule has 6 nitrogen and oxygen atoms in total. The molecule has 1 aliphatic rings. The largest absolute Gasteiger partial charge is 0.377 e. The molecule has 0 radical (unpaired) electrons. The number of anilines is 1. The Bertz CT molecular complexity index is 552. The van der Waals surface area contributed by atoms with Crippen LogP contribution in [0.15, 0.2) is 12.4 Å². The molecule has 0 spiro atoms. The van der Waals surface area contributed by atoms with Gasteiger partial charge in [0.05, 0.1) is 12.2 Å². The molecule has 1 unspecified atom stereocenters. The van der Waals surface area contributed by atoms with Crippen LogP contribution < -0.4 is 4.90 Å². The normalized spacial score (nSPS) is 19.3. The third-order valence-corrected chi connectivity index (χ3v) is 4.08. The Kier molecular flexibility index (Phi) is 3.48. The van der Waals surface area contributed by atoms with Crippen LogP contribution in [-0.4, -0.2) is 39.3 Å². The smallest absolute Gasteiger partial charge is 0.205 e. The number of aryl methyl sites for hydroxylation is 1. The standard InChI is InChI=1S/C12H17N5OS/c1-9-5-13-17(6-9)10-3-4-16(7-10)12-14-11(8-18-2)15-19-12/h5-6,10H,3-4,7-8H2,1-2H3. The summed E-state index contributed by atoms with van der Waals surface area (Å²) in [5.74, 6) is 0.765. The van der Waals surface area contributed by atoms with E-state index < -0.39 is 0 Å². The average molecular weight is 279 g/mol. The fraction of sp³-hybridized carbons (Fsp3) is 0.583. The van der Waals surface area contributed by atoms with Crippen molar-refractivity contribution in [3.05, 3.63) is 23.8 Å². The van der Waals surface area contributed by atoms with E-state index in [1.807, 2.05) is 6.20 Å². The topological polar surface area (TPSA) is 56.1 Å². The third kappa shape index (κ3) is 2.62. The van der Waals surface area contributed by atoms with Crippen molar-refractivity contribution in [2.75, 3.05) is 25.1 Å². The molecule has 0 amide bonds. The molecule has 7 heteroatoms. The first-order valence-corrected chi connectivity index (χ1v) is 7.11. The Morgan fingerprint density at radius 2 is 2.42 bits per heavy atom. The van der Waals surface area contributed by atoms with Gasteiger partial charge in [-0.3, -0.25) is 4.68 Å². The molecule has 1 atom stereocenters. The monoisotopic (exact) mass is 279 g/mol. The molecule has 2 aromatic rings. The molecule has 1 fully saturated rings. The number of rotatable bonds is 4. The van der Waals surface area contributed by atoms with Gasteiger partial charge in [0.15, 0.2) is 5.82 Å². The van der Waals surface area contributed by atoms with Gasteiger partial charge in [-0.1, -0.05) is 0 Å². The lowest BCUT2D eigenvalue weighted by atomic mass is 10.3. The van der Waals surface area contributed by atoms with E-state index in [2.05, 4.69) is 37.2 Å². The summed E-state index contributed by atoms with van der Waals surface area (Å²) in [7, 11) is 1.66. The molecule has 19 heavy (non-hydrogen) atoms. The number of aromatic nitrogens is 4. The molecule has 3 heterocycles. The van der Waals surface area contributed by atoms with Crippen LogP contribution in [0, 0.1) is 6.92 Å². The molecule has 0 aliphatic carbocycles. The first kappa shape index (κ1) is 12.6. The lowest BCUT2D eigenvalue weighted by Gasteiger charge is -2.14. The van der Waals surface area contributed by atoms with Gasteiger partial charge >= 0.3 is 0 Å². The van der Waals surface area contributed by atoms with E-state index in [4.69, 9.17) is 4.74 Å². The van der Waals surface area contributed by atoms with Gasteiger partial charge < -0.3 is 9.64 Å². The lowest BCUT2D eigenvalue weighted by Crippen LogP contribution is -2.20. The van der Waals surface area contributed by atoms with Crippen LogP contribution >= 0.6 is 11.5 Å². The van der Waals surface area contributed by atoms with Crippen LogP contribution in [0.2, 0.25) is 0 Å². The minimum absolute atomic E-state index is 0.434. The molecule has 1 aliphatic heterocycles. The average Bonchev–Trinajstić information content (AvgIpc) is 3.07. The summed E-state index contributed by atoms with van der Waals surface area (Å²) in [5.41, 5.74) is 1.21. The molecule has 0 saturated carbocycles. The Morgan fingerprint density at radius 1 is 1.53 bits per heavy atom. The van der Waals surface area contributed by atoms with Crippen LogP contribution in [0.3, 0.4) is 0 Å². The molecule has 2 aromatic heterocycles. The zero-order valence-electron chi connectivity index (χ0n) is 11.1. The fourth-order valence-electron chi connectivity index (χ4n) is 2.33. The van der Waals surface area contributed by atoms with Gasteiger partial charge in [-0.25, -0.2) is 4.98 Å². The van der Waals surface area contributed by atoms with E-state index in [-0.39, 0.29) is 0 Å². The van der Waals surface area contributed by atoms with Crippen molar-refractivity contribution in [2.45, 2.75) is 26.0 Å². The van der Waals surface area contributed by atoms with Gasteiger partial charge in [0.1, 0.15) is 6.61 Å². The fourth-order valence-corrected chi connectivity index (χ4v) is 3.03. The zero-order chi connectivity index (χ0) is 13.2. The van der Waals surface area contributed by atoms with E-state index >= 15 is 0 Å². The van der Waals surface area contributed by atoms with E-state index in [1.165, 1.54) is 17.1 Å². The van der Waals surface area contributed by atoms with Crippen molar-refractivity contribution < 1.29 is 4.74 Å². The summed E-state index contributed by atoms with van der Waals surface area (Å²) in [5, 5.41) is 5.38. The van der Waals surface area contributed by atoms with Gasteiger partial charge in [0, 0.05) is 37.9 Å². The molecular weight excluding hydrogens is 262 g/mol. The van der Waals surface area contributed by atoms with E-state index in [0.717, 1.165) is 30.5 Å². The van der Waals surface area contributed by atoms with Crippen LogP contribution in [0.25, 0.3) is 0 Å². The second-order valence-electron chi connectivity index (χ2n) is 4.81. The van der Waals surface area contributed by atoms with Gasteiger partial charge in [-0.15, -0.1) is 0 Å². The second-order valence-corrected chi connectivity index (χ2v) is 5.54. The summed E-state index contributed by atoms with van der Waals surface area (Å²) in [4.78, 5) is 6.77. The second kappa shape index (κ2) is 5.26. The number of hydrogen-bond acceptors (Lipinski definition) is 6. The third-order valence-electron chi connectivity index (χ3n) is 3.27. The summed E-state index contributed by atoms with van der Waals surface area (Å²) >= 11 is 1.44. The number of hydrogen-bond donors (Lipinski definition) is 0. The summed E-state index contributed by atoms with van der Waals surface area (Å²) in [6.45, 7) is 4.50. The molecule has 0 aromatic carbocycles. The van der Waals surface area contributed by atoms with Crippen molar-refractivity contribution >= 4 is 16.7 Å². The zero-order valence-corrected chi connectivity index (χ0v) is 11.9. The highest BCUT2D eigenvalue weighted by atomic mass is 32.1. The molecule has 0 bridgehead atoms. The van der Waals surface area contributed by atoms with Crippen molar-refractivity contribution in [3.8, 4) is 0 Å². The Balaban J connectivity index is 1.67. The van der Waals surface area contributed by atoms with Crippen LogP contribution in [0.1, 0.15) is 23.9 Å². The summed E-state index contributed by atoms with van der Waals surface area (Å²) in [6, 6.07) is 0.434. The van der Waals surface area contributed by atoms with Crippen molar-refractivity contribution in [1.82, 2.24) is 19.1 Å². The minimum Gasteiger partial charge on any atom is -0.377 e. The van der Waals surface area contributed by atoms with Crippen molar-refractivity contribution in [2.24, 2.45) is 0 Å². The van der Waals surface area contributed by atoms with Gasteiger partial charge in [0.25, 0.3) is 0 Å². The summed E-state index contributed by atoms with van der Waals surface area (Å²) < 4.78 is 11.4. The Morgan fingerprint density at radius 3 is 3.16 bits per heavy atom. The highest BCUT2D eigenvalue weighted by Gasteiger charge is 2.26. The lowest BCUT2D eigenvalue weighted by molar-refractivity contribution is 0.179. The van der Waals surface area contributed by atoms with Gasteiger partial charge in [-0.2, -0.15) is 9.47 Å². The SMILES string of the molecule is COCc1nsc(N2CCC(n3cc(C)cn3)C2)n1. The quantitative estimate of drug-likeness (QED) is 0.851. The molecule has 3 rings (SSSR count). The number of nitrogens with zero attached hydrogens (tertiary/aromatic N) is 5. The predicted octanol–water partition coefficient (Wildman–Crippen LogP) is 1.64. The molecule has 102 valence electrons. The van der Waals surface area contributed by atoms with Crippen LogP contribution in [0.4, 0.5) is 5.13 Å².